The van der Waals surface area contributed by atoms with Crippen LogP contribution in [0.5, 0.6) is 5.75 Å². The molecule has 1 aliphatic heterocycles. The monoisotopic (exact) mass is 345 g/mol. The Morgan fingerprint density at radius 3 is 2.78 bits per heavy atom. The molecular weight excluding hydrogens is 326 g/mol. The number of thioether (sulfide) groups is 2. The number of anilines is 1. The Bertz CT molecular complexity index is 688. The molecule has 5 heteroatoms. The second-order valence-electron chi connectivity index (χ2n) is 5.51. The third-order valence-corrected chi connectivity index (χ3v) is 5.98. The summed E-state index contributed by atoms with van der Waals surface area (Å²) in [5.41, 5.74) is 1.03. The van der Waals surface area contributed by atoms with Gasteiger partial charge in [-0.25, -0.2) is 0 Å². The van der Waals surface area contributed by atoms with Crippen LogP contribution >= 0.6 is 23.5 Å². The van der Waals surface area contributed by atoms with Gasteiger partial charge in [0.2, 0.25) is 5.91 Å². The summed E-state index contributed by atoms with van der Waals surface area (Å²) in [6.45, 7) is 2.97. The molecule has 3 rings (SSSR count). The number of benzene rings is 2. The number of carbonyl (C=O) groups is 1. The molecule has 0 fully saturated rings. The second kappa shape index (κ2) is 7.32. The van der Waals surface area contributed by atoms with E-state index in [2.05, 4.69) is 13.0 Å². The van der Waals surface area contributed by atoms with Crippen LogP contribution in [0.25, 0.3) is 0 Å². The molecule has 1 unspecified atom stereocenters. The molecule has 0 saturated carbocycles. The maximum absolute atomic E-state index is 12.7. The fraction of sp³-hybridized carbons (Fsp3) is 0.278. The predicted octanol–water partition coefficient (Wildman–Crippen LogP) is 4.40. The largest absolute Gasteiger partial charge is 0.508 e. The van der Waals surface area contributed by atoms with Crippen LogP contribution in [-0.4, -0.2) is 28.6 Å². The lowest BCUT2D eigenvalue weighted by Gasteiger charge is -2.22. The molecule has 23 heavy (non-hydrogen) atoms. The summed E-state index contributed by atoms with van der Waals surface area (Å²) in [5.74, 6) is 0.774. The van der Waals surface area contributed by atoms with Gasteiger partial charge < -0.3 is 10.0 Å². The molecule has 0 aliphatic carbocycles. The predicted molar refractivity (Wildman–Crippen MR) is 97.6 cm³/mol. The van der Waals surface area contributed by atoms with Crippen molar-refractivity contribution in [2.24, 2.45) is 0 Å². The van der Waals surface area contributed by atoms with Crippen LogP contribution in [0.2, 0.25) is 0 Å². The summed E-state index contributed by atoms with van der Waals surface area (Å²) in [7, 11) is 0. The van der Waals surface area contributed by atoms with Gasteiger partial charge in [-0.1, -0.05) is 19.1 Å². The minimum absolute atomic E-state index is 0.130. The highest BCUT2D eigenvalue weighted by atomic mass is 32.2. The zero-order valence-electron chi connectivity index (χ0n) is 12.9. The molecule has 1 amide bonds. The lowest BCUT2D eigenvalue weighted by atomic mass is 10.2. The molecule has 1 atom stereocenters. The molecule has 120 valence electrons. The lowest BCUT2D eigenvalue weighted by Crippen LogP contribution is -2.33. The topological polar surface area (TPSA) is 40.5 Å². The first-order valence-electron chi connectivity index (χ1n) is 7.61. The minimum Gasteiger partial charge on any atom is -0.508 e. The molecule has 0 aromatic heterocycles. The van der Waals surface area contributed by atoms with E-state index in [-0.39, 0.29) is 11.7 Å². The molecule has 2 aromatic carbocycles. The van der Waals surface area contributed by atoms with E-state index in [1.54, 1.807) is 12.1 Å². The smallest absolute Gasteiger partial charge is 0.237 e. The van der Waals surface area contributed by atoms with E-state index in [9.17, 15) is 9.90 Å². The van der Waals surface area contributed by atoms with Crippen molar-refractivity contribution in [2.45, 2.75) is 28.4 Å². The first-order valence-corrected chi connectivity index (χ1v) is 9.48. The molecule has 2 aromatic rings. The highest BCUT2D eigenvalue weighted by molar-refractivity contribution is 8.00. The fourth-order valence-corrected chi connectivity index (χ4v) is 4.40. The van der Waals surface area contributed by atoms with E-state index in [1.807, 2.05) is 47.0 Å². The van der Waals surface area contributed by atoms with Crippen LogP contribution in [0.1, 0.15) is 13.3 Å². The summed E-state index contributed by atoms with van der Waals surface area (Å²) >= 11 is 3.35. The van der Waals surface area contributed by atoms with E-state index in [0.717, 1.165) is 23.5 Å². The third-order valence-electron chi connectivity index (χ3n) is 3.74. The highest BCUT2D eigenvalue weighted by Crippen LogP contribution is 2.37. The average molecular weight is 345 g/mol. The van der Waals surface area contributed by atoms with Crippen LogP contribution in [-0.2, 0) is 4.79 Å². The Hall–Kier alpha value is -1.59. The summed E-state index contributed by atoms with van der Waals surface area (Å²) in [6.07, 6.45) is 0.995. The highest BCUT2D eigenvalue weighted by Gasteiger charge is 2.23. The Balaban J connectivity index is 1.72. The van der Waals surface area contributed by atoms with Crippen molar-refractivity contribution in [1.29, 1.82) is 0 Å². The second-order valence-corrected chi connectivity index (χ2v) is 8.04. The summed E-state index contributed by atoms with van der Waals surface area (Å²) in [4.78, 5) is 16.8. The Morgan fingerprint density at radius 1 is 1.26 bits per heavy atom. The maximum atomic E-state index is 12.7. The van der Waals surface area contributed by atoms with Gasteiger partial charge in [-0.05, 0) is 42.8 Å². The standard InChI is InChI=1S/C18H19NO2S2/c1-13-10-11-19(16-4-2-3-5-17(16)23-13)18(21)12-22-15-8-6-14(20)7-9-15/h2-9,13,20H,10-12H2,1H3. The first kappa shape index (κ1) is 16.3. The molecule has 1 heterocycles. The average Bonchev–Trinajstić information content (AvgIpc) is 2.72. The van der Waals surface area contributed by atoms with Crippen LogP contribution in [0.3, 0.4) is 0 Å². The van der Waals surface area contributed by atoms with Gasteiger partial charge in [0.1, 0.15) is 5.75 Å². The van der Waals surface area contributed by atoms with Crippen LogP contribution in [0.4, 0.5) is 5.69 Å². The lowest BCUT2D eigenvalue weighted by molar-refractivity contribution is -0.116. The molecule has 0 saturated heterocycles. The van der Waals surface area contributed by atoms with Gasteiger partial charge in [-0.15, -0.1) is 23.5 Å². The number of fused-ring (bicyclic) bond motifs is 1. The fourth-order valence-electron chi connectivity index (χ4n) is 2.51. The van der Waals surface area contributed by atoms with Crippen molar-refractivity contribution in [3.63, 3.8) is 0 Å². The van der Waals surface area contributed by atoms with Gasteiger partial charge in [0.25, 0.3) is 0 Å². The van der Waals surface area contributed by atoms with E-state index in [1.165, 1.54) is 16.7 Å². The van der Waals surface area contributed by atoms with Gasteiger partial charge in [0.15, 0.2) is 0 Å². The number of hydrogen-bond donors (Lipinski definition) is 1. The summed E-state index contributed by atoms with van der Waals surface area (Å²) in [6, 6.07) is 15.1. The van der Waals surface area contributed by atoms with Crippen molar-refractivity contribution >= 4 is 35.1 Å². The first-order chi connectivity index (χ1) is 11.1. The Labute approximate surface area is 145 Å². The zero-order valence-corrected chi connectivity index (χ0v) is 14.6. The molecular formula is C18H19NO2S2. The Kier molecular flexibility index (Phi) is 5.18. The quantitative estimate of drug-likeness (QED) is 0.837. The van der Waals surface area contributed by atoms with E-state index >= 15 is 0 Å². The molecule has 1 N–H and O–H groups in total. The minimum atomic E-state index is 0.130. The SMILES string of the molecule is CC1CCN(C(=O)CSc2ccc(O)cc2)c2ccccc2S1. The number of phenols is 1. The van der Waals surface area contributed by atoms with Crippen molar-refractivity contribution in [3.8, 4) is 5.75 Å². The van der Waals surface area contributed by atoms with Gasteiger partial charge in [0, 0.05) is 21.6 Å². The van der Waals surface area contributed by atoms with Gasteiger partial charge in [0.05, 0.1) is 11.4 Å². The van der Waals surface area contributed by atoms with Gasteiger partial charge in [-0.3, -0.25) is 4.79 Å². The molecule has 3 nitrogen and oxygen atoms in total. The number of amides is 1. The Morgan fingerprint density at radius 2 is 2.00 bits per heavy atom. The molecule has 0 spiro atoms. The number of hydrogen-bond acceptors (Lipinski definition) is 4. The number of nitrogens with zero attached hydrogens (tertiary/aromatic N) is 1. The summed E-state index contributed by atoms with van der Waals surface area (Å²) in [5, 5.41) is 9.83. The van der Waals surface area contributed by atoms with Crippen molar-refractivity contribution in [1.82, 2.24) is 0 Å². The van der Waals surface area contributed by atoms with Crippen LogP contribution < -0.4 is 4.90 Å². The van der Waals surface area contributed by atoms with E-state index in [4.69, 9.17) is 0 Å². The van der Waals surface area contributed by atoms with E-state index in [0.29, 0.717) is 11.0 Å². The van der Waals surface area contributed by atoms with Crippen molar-refractivity contribution in [2.75, 3.05) is 17.2 Å². The van der Waals surface area contributed by atoms with Gasteiger partial charge in [-0.2, -0.15) is 0 Å². The summed E-state index contributed by atoms with van der Waals surface area (Å²) < 4.78 is 0. The normalized spacial score (nSPS) is 17.4. The molecule has 1 aliphatic rings. The number of aromatic hydroxyl groups is 1. The van der Waals surface area contributed by atoms with Crippen LogP contribution in [0, 0.1) is 0 Å². The number of para-hydroxylation sites is 1. The van der Waals surface area contributed by atoms with Crippen LogP contribution in [0.15, 0.2) is 58.3 Å². The molecule has 0 bridgehead atoms. The van der Waals surface area contributed by atoms with Gasteiger partial charge >= 0.3 is 0 Å². The van der Waals surface area contributed by atoms with Crippen molar-refractivity contribution < 1.29 is 9.90 Å². The number of carbonyl (C=O) groups excluding carboxylic acids is 1. The molecule has 0 radical (unpaired) electrons. The van der Waals surface area contributed by atoms with Crippen molar-refractivity contribution in [3.05, 3.63) is 48.5 Å². The maximum Gasteiger partial charge on any atom is 0.237 e. The zero-order chi connectivity index (χ0) is 16.2. The number of rotatable bonds is 3. The number of phenolic OH excluding ortho intramolecular Hbond substituents is 1. The third kappa shape index (κ3) is 4.03. The van der Waals surface area contributed by atoms with E-state index < -0.39 is 0 Å².